The third-order valence-electron chi connectivity index (χ3n) is 8.41. The number of aromatic nitrogens is 4. The van der Waals surface area contributed by atoms with E-state index in [1.165, 1.54) is 26.5 Å². The highest BCUT2D eigenvalue weighted by molar-refractivity contribution is 6.30. The average molecular weight is 667 g/mol. The Morgan fingerprint density at radius 3 is 2.17 bits per heavy atom. The molecule has 5 atom stereocenters. The van der Waals surface area contributed by atoms with E-state index in [4.69, 9.17) is 30.5 Å². The van der Waals surface area contributed by atoms with E-state index < -0.39 is 48.6 Å². The van der Waals surface area contributed by atoms with E-state index in [1.807, 2.05) is 42.5 Å². The molecule has 2 fully saturated rings. The summed E-state index contributed by atoms with van der Waals surface area (Å²) in [5.74, 6) is -1.60. The van der Waals surface area contributed by atoms with E-state index in [2.05, 4.69) is 15.0 Å². The fourth-order valence-corrected chi connectivity index (χ4v) is 6.20. The lowest BCUT2D eigenvalue weighted by molar-refractivity contribution is -0.166. The summed E-state index contributed by atoms with van der Waals surface area (Å²) in [4.78, 5) is 52.3. The normalized spacial score (nSPS) is 21.1. The van der Waals surface area contributed by atoms with Crippen molar-refractivity contribution in [2.45, 2.75) is 63.3 Å². The summed E-state index contributed by atoms with van der Waals surface area (Å²) in [6.07, 6.45) is -0.609. The molecule has 0 bridgehead atoms. The van der Waals surface area contributed by atoms with E-state index in [1.54, 1.807) is 41.0 Å². The Kier molecular flexibility index (Phi) is 8.63. The third kappa shape index (κ3) is 6.39. The summed E-state index contributed by atoms with van der Waals surface area (Å²) in [5, 5.41) is 0.468. The molecule has 3 heterocycles. The van der Waals surface area contributed by atoms with Crippen LogP contribution in [0.4, 0.5) is 0 Å². The molecule has 0 N–H and O–H groups in total. The van der Waals surface area contributed by atoms with Crippen molar-refractivity contribution in [3.8, 4) is 11.1 Å². The van der Waals surface area contributed by atoms with E-state index in [0.717, 1.165) is 29.7 Å². The quantitative estimate of drug-likeness (QED) is 0.129. The molecule has 1 aliphatic heterocycles. The molecular formula is C36H31ClN4O7. The van der Waals surface area contributed by atoms with Crippen molar-refractivity contribution in [2.75, 3.05) is 0 Å². The summed E-state index contributed by atoms with van der Waals surface area (Å²) >= 11 is 6.22. The Hall–Kier alpha value is -5.13. The molecule has 2 aliphatic rings. The highest BCUT2D eigenvalue weighted by Gasteiger charge is 2.54. The first-order valence-electron chi connectivity index (χ1n) is 15.6. The van der Waals surface area contributed by atoms with Gasteiger partial charge in [0, 0.05) is 24.8 Å². The van der Waals surface area contributed by atoms with E-state index in [-0.39, 0.29) is 0 Å². The van der Waals surface area contributed by atoms with Gasteiger partial charge in [0.15, 0.2) is 30.2 Å². The van der Waals surface area contributed by atoms with Crippen LogP contribution in [0.5, 0.6) is 0 Å². The number of rotatable bonds is 9. The molecule has 48 heavy (non-hydrogen) atoms. The lowest BCUT2D eigenvalue weighted by Crippen LogP contribution is -2.41. The number of fused-ring (bicyclic) bond motifs is 1. The first-order chi connectivity index (χ1) is 23.3. The zero-order valence-corrected chi connectivity index (χ0v) is 26.8. The second kappa shape index (κ2) is 13.2. The van der Waals surface area contributed by atoms with Crippen molar-refractivity contribution in [1.82, 2.24) is 19.5 Å². The number of hydrogen-bond acceptors (Lipinski definition) is 10. The van der Waals surface area contributed by atoms with Gasteiger partial charge in [-0.3, -0.25) is 14.2 Å². The molecule has 0 radical (unpaired) electrons. The molecule has 0 spiro atoms. The summed E-state index contributed by atoms with van der Waals surface area (Å²) in [7, 11) is 0. The molecule has 1 unspecified atom stereocenters. The lowest BCUT2D eigenvalue weighted by Gasteiger charge is -2.28. The zero-order chi connectivity index (χ0) is 33.4. The minimum Gasteiger partial charge on any atom is -0.455 e. The van der Waals surface area contributed by atoms with Crippen molar-refractivity contribution >= 4 is 40.7 Å². The number of hydrogen-bond donors (Lipinski definition) is 0. The van der Waals surface area contributed by atoms with Gasteiger partial charge in [-0.25, -0.2) is 19.7 Å². The van der Waals surface area contributed by atoms with Gasteiger partial charge in [0.2, 0.25) is 0 Å². The topological polar surface area (TPSA) is 132 Å². The summed E-state index contributed by atoms with van der Waals surface area (Å²) in [5.41, 5.74) is 4.67. The van der Waals surface area contributed by atoms with E-state index in [0.29, 0.717) is 33.2 Å². The highest BCUT2D eigenvalue weighted by atomic mass is 35.5. The molecule has 12 heteroatoms. The van der Waals surface area contributed by atoms with Gasteiger partial charge in [0.25, 0.3) is 0 Å². The summed E-state index contributed by atoms with van der Waals surface area (Å²) in [6.45, 7) is 2.50. The molecular weight excluding hydrogens is 636 g/mol. The minimum atomic E-state index is -1.19. The van der Waals surface area contributed by atoms with Gasteiger partial charge in [-0.1, -0.05) is 66.2 Å². The maximum Gasteiger partial charge on any atom is 0.338 e. The van der Waals surface area contributed by atoms with Gasteiger partial charge >= 0.3 is 17.9 Å². The fraction of sp³-hybridized carbons (Fsp3) is 0.278. The Morgan fingerprint density at radius 2 is 1.50 bits per heavy atom. The van der Waals surface area contributed by atoms with Gasteiger partial charge in [0.1, 0.15) is 17.9 Å². The maximum absolute atomic E-state index is 13.8. The second-order valence-electron chi connectivity index (χ2n) is 11.8. The second-order valence-corrected chi connectivity index (χ2v) is 12.3. The average Bonchev–Trinajstić information content (AvgIpc) is 3.77. The maximum atomic E-state index is 13.8. The van der Waals surface area contributed by atoms with Gasteiger partial charge in [0.05, 0.1) is 17.6 Å². The molecule has 2 aromatic heterocycles. The van der Waals surface area contributed by atoms with Crippen LogP contribution in [-0.2, 0) is 28.5 Å². The van der Waals surface area contributed by atoms with Crippen molar-refractivity contribution in [3.63, 3.8) is 0 Å². The molecule has 1 saturated carbocycles. The first-order valence-corrected chi connectivity index (χ1v) is 15.9. The largest absolute Gasteiger partial charge is 0.455 e. The fourth-order valence-electron chi connectivity index (χ4n) is 6.08. The van der Waals surface area contributed by atoms with E-state index >= 15 is 0 Å². The van der Waals surface area contributed by atoms with Crippen LogP contribution in [0.15, 0.2) is 91.5 Å². The number of halogens is 1. The third-order valence-corrected chi connectivity index (χ3v) is 8.67. The molecule has 244 valence electrons. The van der Waals surface area contributed by atoms with Crippen LogP contribution < -0.4 is 0 Å². The van der Waals surface area contributed by atoms with Crippen molar-refractivity contribution < 1.29 is 33.3 Å². The lowest BCUT2D eigenvalue weighted by atomic mass is 9.98. The molecule has 11 nitrogen and oxygen atoms in total. The molecule has 5 aromatic rings. The van der Waals surface area contributed by atoms with Crippen LogP contribution in [0.3, 0.4) is 0 Å². The Bertz CT molecular complexity index is 1960. The van der Waals surface area contributed by atoms with Crippen LogP contribution in [0.1, 0.15) is 66.6 Å². The summed E-state index contributed by atoms with van der Waals surface area (Å²) < 4.78 is 26.0. The number of carbonyl (C=O) groups is 3. The van der Waals surface area contributed by atoms with Gasteiger partial charge in [-0.05, 0) is 53.8 Å². The van der Waals surface area contributed by atoms with E-state index in [9.17, 15) is 14.4 Å². The number of nitrogens with zero attached hydrogens (tertiary/aromatic N) is 4. The van der Waals surface area contributed by atoms with Crippen molar-refractivity contribution in [3.05, 3.63) is 113 Å². The standard InChI is InChI=1S/C36H31ClN4O7/c1-20(42)45-32-31(47-35(33(32)46-21(2)43)41-19-40-29-28(24-10-11-24)38-18-39-34(29)41)30(25-14-16-27(37)17-15-25)48-36(44)26-12-8-23(9-13-26)22-6-4-3-5-7-22/h3-9,12-19,24,30-33,35H,10-11H2,1-2H3/t30?,31-,32-,33-,35+/m1/s1. The van der Waals surface area contributed by atoms with Gasteiger partial charge < -0.3 is 18.9 Å². The first kappa shape index (κ1) is 31.5. The Morgan fingerprint density at radius 1 is 0.833 bits per heavy atom. The van der Waals surface area contributed by atoms with Crippen molar-refractivity contribution in [1.29, 1.82) is 0 Å². The SMILES string of the molecule is CC(=O)O[C@@H]1[C@H](OC(C)=O)[C@@H](C(OC(=O)c2ccc(-c3ccccc3)cc2)c2ccc(Cl)cc2)O[C@@H]1n1cnc2c(C3CC3)ncnc21. The van der Waals surface area contributed by atoms with Gasteiger partial charge in [-0.15, -0.1) is 0 Å². The Balaban J connectivity index is 1.27. The number of carbonyl (C=O) groups excluding carboxylic acids is 3. The number of benzene rings is 3. The number of ether oxygens (including phenoxy) is 4. The smallest absolute Gasteiger partial charge is 0.338 e. The van der Waals surface area contributed by atoms with Crippen LogP contribution in [0.25, 0.3) is 22.3 Å². The highest BCUT2D eigenvalue weighted by Crippen LogP contribution is 2.44. The van der Waals surface area contributed by atoms with Crippen LogP contribution >= 0.6 is 11.6 Å². The zero-order valence-electron chi connectivity index (χ0n) is 26.1. The van der Waals surface area contributed by atoms with Gasteiger partial charge in [-0.2, -0.15) is 0 Å². The molecule has 3 aromatic carbocycles. The van der Waals surface area contributed by atoms with Crippen LogP contribution in [0.2, 0.25) is 5.02 Å². The van der Waals surface area contributed by atoms with Crippen LogP contribution in [0, 0.1) is 0 Å². The summed E-state index contributed by atoms with van der Waals surface area (Å²) in [6, 6.07) is 23.5. The molecule has 7 rings (SSSR count). The monoisotopic (exact) mass is 666 g/mol. The Labute approximate surface area is 280 Å². The molecule has 1 saturated heterocycles. The molecule has 0 amide bonds. The van der Waals surface area contributed by atoms with Crippen molar-refractivity contribution in [2.24, 2.45) is 0 Å². The predicted octanol–water partition coefficient (Wildman–Crippen LogP) is 6.38. The minimum absolute atomic E-state index is 0.296. The van der Waals surface area contributed by atoms with Crippen LogP contribution in [-0.4, -0.2) is 55.7 Å². The number of imidazole rings is 1. The predicted molar refractivity (Wildman–Crippen MR) is 174 cm³/mol. The molecule has 1 aliphatic carbocycles. The number of esters is 3.